The highest BCUT2D eigenvalue weighted by atomic mass is 79.9. The second-order valence-corrected chi connectivity index (χ2v) is 4.09. The summed E-state index contributed by atoms with van der Waals surface area (Å²) in [6.07, 6.45) is 6.95. The zero-order valence-corrected chi connectivity index (χ0v) is 9.47. The quantitative estimate of drug-likeness (QED) is 0.767. The van der Waals surface area contributed by atoms with Crippen LogP contribution in [0.5, 0.6) is 0 Å². The smallest absolute Gasteiger partial charge is 0.0351 e. The predicted molar refractivity (Wildman–Crippen MR) is 59.4 cm³/mol. The van der Waals surface area contributed by atoms with Crippen LogP contribution in [0.25, 0.3) is 0 Å². The first-order valence-electron chi connectivity index (χ1n) is 4.60. The largest absolute Gasteiger partial charge is 0.353 e. The van der Waals surface area contributed by atoms with Gasteiger partial charge in [0.05, 0.1) is 0 Å². The minimum atomic E-state index is 0.854. The molecular weight excluding hydrogens is 228 g/mol. The number of aryl methyl sites for hydroxylation is 1. The van der Waals surface area contributed by atoms with Crippen LogP contribution in [0.3, 0.4) is 0 Å². The van der Waals surface area contributed by atoms with E-state index in [9.17, 15) is 0 Å². The third kappa shape index (κ3) is 3.77. The van der Waals surface area contributed by atoms with Crippen molar-refractivity contribution in [3.8, 4) is 0 Å². The van der Waals surface area contributed by atoms with Gasteiger partial charge in [-0.25, -0.2) is 0 Å². The van der Waals surface area contributed by atoms with E-state index < -0.39 is 0 Å². The second kappa shape index (κ2) is 5.22. The van der Waals surface area contributed by atoms with Crippen molar-refractivity contribution in [2.75, 3.05) is 0 Å². The number of hydrogen-bond acceptors (Lipinski definition) is 1. The average Bonchev–Trinajstić information content (AvgIpc) is 2.49. The van der Waals surface area contributed by atoms with E-state index in [0.29, 0.717) is 0 Å². The maximum absolute atomic E-state index is 7.62. The summed E-state index contributed by atoms with van der Waals surface area (Å²) in [5, 5.41) is 7.62. The number of nitrogens with one attached hydrogen (secondary N) is 1. The van der Waals surface area contributed by atoms with Crippen molar-refractivity contribution >= 4 is 21.6 Å². The normalized spacial score (nSPS) is 10.3. The van der Waals surface area contributed by atoms with Crippen LogP contribution in [0.15, 0.2) is 22.9 Å². The Morgan fingerprint density at radius 2 is 2.31 bits per heavy atom. The van der Waals surface area contributed by atoms with Crippen molar-refractivity contribution in [2.45, 2.75) is 32.7 Å². The molecule has 1 rings (SSSR count). The molecule has 0 atom stereocenters. The van der Waals surface area contributed by atoms with Crippen LogP contribution < -0.4 is 0 Å². The Hall–Kier alpha value is -0.570. The molecule has 0 aliphatic rings. The fourth-order valence-electron chi connectivity index (χ4n) is 1.24. The van der Waals surface area contributed by atoms with E-state index in [1.807, 2.05) is 18.5 Å². The van der Waals surface area contributed by atoms with Gasteiger partial charge in [0.15, 0.2) is 0 Å². The van der Waals surface area contributed by atoms with Crippen molar-refractivity contribution in [3.05, 3.63) is 22.9 Å². The van der Waals surface area contributed by atoms with Crippen LogP contribution in [0.2, 0.25) is 0 Å². The highest BCUT2D eigenvalue weighted by Crippen LogP contribution is 2.09. The van der Waals surface area contributed by atoms with Crippen LogP contribution in [0.1, 0.15) is 26.2 Å². The highest BCUT2D eigenvalue weighted by molar-refractivity contribution is 9.10. The van der Waals surface area contributed by atoms with Gasteiger partial charge in [-0.3, -0.25) is 0 Å². The first kappa shape index (κ1) is 10.5. The first-order valence-corrected chi connectivity index (χ1v) is 5.39. The van der Waals surface area contributed by atoms with Crippen molar-refractivity contribution < 1.29 is 0 Å². The molecule has 0 spiro atoms. The van der Waals surface area contributed by atoms with Crippen LogP contribution in [-0.4, -0.2) is 10.3 Å². The molecular formula is C10H15BrN2. The summed E-state index contributed by atoms with van der Waals surface area (Å²) >= 11 is 3.40. The van der Waals surface area contributed by atoms with Crippen molar-refractivity contribution in [1.82, 2.24) is 4.57 Å². The lowest BCUT2D eigenvalue weighted by Crippen LogP contribution is -2.02. The van der Waals surface area contributed by atoms with Crippen molar-refractivity contribution in [3.63, 3.8) is 0 Å². The lowest BCUT2D eigenvalue weighted by molar-refractivity contribution is 0.719. The maximum Gasteiger partial charge on any atom is 0.0351 e. The lowest BCUT2D eigenvalue weighted by atomic mass is 10.2. The second-order valence-electron chi connectivity index (χ2n) is 3.17. The van der Waals surface area contributed by atoms with Crippen LogP contribution in [0.4, 0.5) is 0 Å². The van der Waals surface area contributed by atoms with Crippen molar-refractivity contribution in [2.24, 2.45) is 0 Å². The molecule has 3 heteroatoms. The van der Waals surface area contributed by atoms with E-state index in [2.05, 4.69) is 27.4 Å². The Morgan fingerprint density at radius 3 is 2.85 bits per heavy atom. The van der Waals surface area contributed by atoms with Gasteiger partial charge in [0.2, 0.25) is 0 Å². The van der Waals surface area contributed by atoms with Crippen LogP contribution in [0, 0.1) is 5.41 Å². The van der Waals surface area contributed by atoms with E-state index >= 15 is 0 Å². The molecule has 0 radical (unpaired) electrons. The zero-order chi connectivity index (χ0) is 9.68. The summed E-state index contributed by atoms with van der Waals surface area (Å²) in [5.41, 5.74) is 0.854. The Balaban J connectivity index is 2.30. The number of nitrogens with zero attached hydrogens (tertiary/aromatic N) is 1. The van der Waals surface area contributed by atoms with Gasteiger partial charge < -0.3 is 9.98 Å². The maximum atomic E-state index is 7.62. The lowest BCUT2D eigenvalue weighted by Gasteiger charge is -2.03. The van der Waals surface area contributed by atoms with Crippen molar-refractivity contribution in [1.29, 1.82) is 5.41 Å². The molecule has 0 aliphatic carbocycles. The van der Waals surface area contributed by atoms with E-state index in [4.69, 9.17) is 5.41 Å². The molecule has 0 aromatic carbocycles. The zero-order valence-electron chi connectivity index (χ0n) is 7.89. The molecule has 72 valence electrons. The van der Waals surface area contributed by atoms with E-state index in [1.165, 1.54) is 0 Å². The van der Waals surface area contributed by atoms with Gasteiger partial charge in [0, 0.05) is 35.5 Å². The average molecular weight is 243 g/mol. The van der Waals surface area contributed by atoms with E-state index in [-0.39, 0.29) is 0 Å². The third-order valence-electron chi connectivity index (χ3n) is 1.94. The van der Waals surface area contributed by atoms with Gasteiger partial charge in [-0.2, -0.15) is 0 Å². The molecule has 1 heterocycles. The monoisotopic (exact) mass is 242 g/mol. The van der Waals surface area contributed by atoms with Gasteiger partial charge in [-0.05, 0) is 28.4 Å². The molecule has 1 N–H and O–H groups in total. The van der Waals surface area contributed by atoms with E-state index in [1.54, 1.807) is 0 Å². The predicted octanol–water partition coefficient (Wildman–Crippen LogP) is 3.46. The Labute approximate surface area is 87.6 Å². The summed E-state index contributed by atoms with van der Waals surface area (Å²) in [4.78, 5) is 0. The van der Waals surface area contributed by atoms with Gasteiger partial charge in [0.1, 0.15) is 0 Å². The SMILES string of the molecule is CCCC(=N)CCn1ccc(Br)c1. The van der Waals surface area contributed by atoms with Gasteiger partial charge in [-0.1, -0.05) is 13.3 Å². The number of hydrogen-bond donors (Lipinski definition) is 1. The summed E-state index contributed by atoms with van der Waals surface area (Å²) in [6, 6.07) is 2.02. The summed E-state index contributed by atoms with van der Waals surface area (Å²) in [6.45, 7) is 3.03. The molecule has 0 aliphatic heterocycles. The molecule has 0 amide bonds. The number of aromatic nitrogens is 1. The molecule has 0 bridgehead atoms. The third-order valence-corrected chi connectivity index (χ3v) is 2.41. The standard InChI is InChI=1S/C10H15BrN2/c1-2-3-10(12)5-7-13-6-4-9(11)8-13/h4,6,8,12H,2-3,5,7H2,1H3. The molecule has 1 aromatic heterocycles. The van der Waals surface area contributed by atoms with E-state index in [0.717, 1.165) is 36.0 Å². The molecule has 0 fully saturated rings. The Bertz CT molecular complexity index is 278. The van der Waals surface area contributed by atoms with Gasteiger partial charge in [0.25, 0.3) is 0 Å². The Kier molecular flexibility index (Phi) is 4.22. The summed E-state index contributed by atoms with van der Waals surface area (Å²) in [5.74, 6) is 0. The van der Waals surface area contributed by atoms with Crippen LogP contribution >= 0.6 is 15.9 Å². The molecule has 0 unspecified atom stereocenters. The topological polar surface area (TPSA) is 28.8 Å². The van der Waals surface area contributed by atoms with Gasteiger partial charge >= 0.3 is 0 Å². The fraction of sp³-hybridized carbons (Fsp3) is 0.500. The fourth-order valence-corrected chi connectivity index (χ4v) is 1.62. The minimum absolute atomic E-state index is 0.854. The summed E-state index contributed by atoms with van der Waals surface area (Å²) < 4.78 is 3.21. The Morgan fingerprint density at radius 1 is 1.54 bits per heavy atom. The first-order chi connectivity index (χ1) is 6.22. The van der Waals surface area contributed by atoms with Gasteiger partial charge in [-0.15, -0.1) is 0 Å². The number of halogens is 1. The van der Waals surface area contributed by atoms with Crippen LogP contribution in [-0.2, 0) is 6.54 Å². The molecule has 0 saturated carbocycles. The summed E-state index contributed by atoms with van der Waals surface area (Å²) in [7, 11) is 0. The molecule has 0 saturated heterocycles. The molecule has 1 aromatic rings. The molecule has 13 heavy (non-hydrogen) atoms. The number of rotatable bonds is 5. The molecule has 2 nitrogen and oxygen atoms in total. The highest BCUT2D eigenvalue weighted by Gasteiger charge is 1.97. The minimum Gasteiger partial charge on any atom is -0.353 e.